The molecular weight excluding hydrogens is 120 g/mol. The van der Waals surface area contributed by atoms with Gasteiger partial charge in [0.25, 0.3) is 0 Å². The first-order chi connectivity index (χ1) is 4.27. The Labute approximate surface area is 53.5 Å². The highest BCUT2D eigenvalue weighted by Gasteiger charge is 1.87. The standard InChI is InChI=1S/C5H10N2O2/c1-2-3-4-6-7-5(8)9/h2,6-7H,1,3-4H2,(H,8,9). The zero-order valence-electron chi connectivity index (χ0n) is 5.05. The number of carbonyl (C=O) groups is 1. The lowest BCUT2D eigenvalue weighted by atomic mass is 10.4. The molecule has 0 aromatic carbocycles. The fraction of sp³-hybridized carbons (Fsp3) is 0.400. The molecular formula is C5H10N2O2. The van der Waals surface area contributed by atoms with Crippen molar-refractivity contribution in [3.8, 4) is 0 Å². The van der Waals surface area contributed by atoms with Crippen LogP contribution in [0.5, 0.6) is 0 Å². The van der Waals surface area contributed by atoms with Crippen LogP contribution in [0.1, 0.15) is 6.42 Å². The summed E-state index contributed by atoms with van der Waals surface area (Å²) in [5.74, 6) is 0. The van der Waals surface area contributed by atoms with Crippen molar-refractivity contribution in [2.75, 3.05) is 6.54 Å². The minimum absolute atomic E-state index is 0.579. The van der Waals surface area contributed by atoms with Crippen LogP contribution in [-0.4, -0.2) is 17.7 Å². The number of nitrogens with one attached hydrogen (secondary N) is 2. The molecule has 0 saturated heterocycles. The van der Waals surface area contributed by atoms with Crippen molar-refractivity contribution >= 4 is 6.09 Å². The van der Waals surface area contributed by atoms with Crippen molar-refractivity contribution in [1.82, 2.24) is 10.9 Å². The normalized spacial score (nSPS) is 8.44. The minimum atomic E-state index is -1.07. The van der Waals surface area contributed by atoms with E-state index in [2.05, 4.69) is 12.0 Å². The van der Waals surface area contributed by atoms with Crippen LogP contribution in [0, 0.1) is 0 Å². The Hall–Kier alpha value is -1.03. The maximum absolute atomic E-state index is 9.76. The summed E-state index contributed by atoms with van der Waals surface area (Å²) in [6.07, 6.45) is 1.38. The summed E-state index contributed by atoms with van der Waals surface area (Å²) in [6, 6.07) is 0. The van der Waals surface area contributed by atoms with Crippen LogP contribution < -0.4 is 10.9 Å². The maximum atomic E-state index is 9.76. The van der Waals surface area contributed by atoms with E-state index in [1.54, 1.807) is 6.08 Å². The molecule has 9 heavy (non-hydrogen) atoms. The molecule has 0 saturated carbocycles. The van der Waals surface area contributed by atoms with Gasteiger partial charge >= 0.3 is 6.09 Å². The van der Waals surface area contributed by atoms with E-state index in [0.29, 0.717) is 6.54 Å². The third-order valence-corrected chi connectivity index (χ3v) is 0.669. The third-order valence-electron chi connectivity index (χ3n) is 0.669. The lowest BCUT2D eigenvalue weighted by molar-refractivity contribution is 0.189. The first-order valence-electron chi connectivity index (χ1n) is 2.60. The number of hydrazine groups is 1. The molecule has 0 bridgehead atoms. The van der Waals surface area contributed by atoms with E-state index in [1.807, 2.05) is 5.43 Å². The zero-order chi connectivity index (χ0) is 7.11. The predicted molar refractivity (Wildman–Crippen MR) is 34.0 cm³/mol. The van der Waals surface area contributed by atoms with Gasteiger partial charge in [0.1, 0.15) is 0 Å². The van der Waals surface area contributed by atoms with E-state index < -0.39 is 6.09 Å². The molecule has 0 aliphatic heterocycles. The Balaban J connectivity index is 2.91. The van der Waals surface area contributed by atoms with Gasteiger partial charge in [0.05, 0.1) is 0 Å². The Bertz CT molecular complexity index is 103. The average molecular weight is 130 g/mol. The SMILES string of the molecule is C=CCCNNC(=O)O. The third kappa shape index (κ3) is 6.97. The number of hydrogen-bond donors (Lipinski definition) is 3. The zero-order valence-corrected chi connectivity index (χ0v) is 5.05. The van der Waals surface area contributed by atoms with Gasteiger partial charge in [0, 0.05) is 6.54 Å². The van der Waals surface area contributed by atoms with Crippen LogP contribution in [0.15, 0.2) is 12.7 Å². The molecule has 0 aromatic heterocycles. The van der Waals surface area contributed by atoms with E-state index in [1.165, 1.54) is 0 Å². The predicted octanol–water partition coefficient (Wildman–Crippen LogP) is 0.335. The first-order valence-corrected chi connectivity index (χ1v) is 2.60. The summed E-state index contributed by atoms with van der Waals surface area (Å²) in [6.45, 7) is 4.04. The van der Waals surface area contributed by atoms with Crippen molar-refractivity contribution in [1.29, 1.82) is 0 Å². The molecule has 4 heteroatoms. The highest BCUT2D eigenvalue weighted by molar-refractivity contribution is 5.63. The molecule has 0 aromatic rings. The van der Waals surface area contributed by atoms with E-state index in [0.717, 1.165) is 6.42 Å². The van der Waals surface area contributed by atoms with Crippen molar-refractivity contribution in [2.24, 2.45) is 0 Å². The summed E-state index contributed by atoms with van der Waals surface area (Å²) < 4.78 is 0. The second kappa shape index (κ2) is 5.11. The summed E-state index contributed by atoms with van der Waals surface area (Å²) in [7, 11) is 0. The summed E-state index contributed by atoms with van der Waals surface area (Å²) >= 11 is 0. The molecule has 0 spiro atoms. The van der Waals surface area contributed by atoms with E-state index >= 15 is 0 Å². The van der Waals surface area contributed by atoms with Gasteiger partial charge in [-0.3, -0.25) is 5.43 Å². The molecule has 0 radical (unpaired) electrons. The molecule has 1 amide bonds. The van der Waals surface area contributed by atoms with Crippen LogP contribution >= 0.6 is 0 Å². The van der Waals surface area contributed by atoms with Crippen LogP contribution in [0.3, 0.4) is 0 Å². The molecule has 0 aliphatic carbocycles. The van der Waals surface area contributed by atoms with E-state index in [-0.39, 0.29) is 0 Å². The van der Waals surface area contributed by atoms with E-state index in [4.69, 9.17) is 5.11 Å². The first kappa shape index (κ1) is 7.97. The largest absolute Gasteiger partial charge is 0.464 e. The highest BCUT2D eigenvalue weighted by atomic mass is 16.4. The van der Waals surface area contributed by atoms with Gasteiger partial charge in [-0.15, -0.1) is 6.58 Å². The highest BCUT2D eigenvalue weighted by Crippen LogP contribution is 1.71. The van der Waals surface area contributed by atoms with Gasteiger partial charge in [-0.1, -0.05) is 6.08 Å². The topological polar surface area (TPSA) is 61.4 Å². The van der Waals surface area contributed by atoms with Gasteiger partial charge in [-0.05, 0) is 6.42 Å². The molecule has 4 nitrogen and oxygen atoms in total. The molecule has 0 heterocycles. The van der Waals surface area contributed by atoms with Crippen LogP contribution in [0.2, 0.25) is 0 Å². The second-order valence-electron chi connectivity index (χ2n) is 1.43. The molecule has 52 valence electrons. The Kier molecular flexibility index (Phi) is 4.53. The van der Waals surface area contributed by atoms with Crippen molar-refractivity contribution < 1.29 is 9.90 Å². The van der Waals surface area contributed by atoms with Gasteiger partial charge in [-0.25, -0.2) is 10.2 Å². The molecule has 0 atom stereocenters. The fourth-order valence-corrected chi connectivity index (χ4v) is 0.312. The average Bonchev–Trinajstić information content (AvgIpc) is 1.80. The van der Waals surface area contributed by atoms with E-state index in [9.17, 15) is 4.79 Å². The van der Waals surface area contributed by atoms with Crippen LogP contribution in [-0.2, 0) is 0 Å². The second-order valence-corrected chi connectivity index (χ2v) is 1.43. The smallest absolute Gasteiger partial charge is 0.419 e. The lowest BCUT2D eigenvalue weighted by Crippen LogP contribution is -2.36. The summed E-state index contributed by atoms with van der Waals surface area (Å²) in [5.41, 5.74) is 4.46. The quantitative estimate of drug-likeness (QED) is 0.292. The van der Waals surface area contributed by atoms with Gasteiger partial charge < -0.3 is 5.11 Å². The molecule has 3 N–H and O–H groups in total. The van der Waals surface area contributed by atoms with Crippen molar-refractivity contribution in [3.05, 3.63) is 12.7 Å². The van der Waals surface area contributed by atoms with Crippen molar-refractivity contribution in [3.63, 3.8) is 0 Å². The number of carboxylic acid groups (broad SMARTS) is 1. The molecule has 0 rings (SSSR count). The monoisotopic (exact) mass is 130 g/mol. The van der Waals surface area contributed by atoms with Gasteiger partial charge in [-0.2, -0.15) is 0 Å². The van der Waals surface area contributed by atoms with Gasteiger partial charge in [0.15, 0.2) is 0 Å². The van der Waals surface area contributed by atoms with Crippen LogP contribution in [0.4, 0.5) is 4.79 Å². The summed E-state index contributed by atoms with van der Waals surface area (Å²) in [5, 5.41) is 8.01. The fourth-order valence-electron chi connectivity index (χ4n) is 0.312. The Morgan fingerprint density at radius 3 is 2.89 bits per heavy atom. The molecule has 0 aliphatic rings. The Morgan fingerprint density at radius 1 is 1.78 bits per heavy atom. The van der Waals surface area contributed by atoms with Crippen molar-refractivity contribution in [2.45, 2.75) is 6.42 Å². The Morgan fingerprint density at radius 2 is 2.44 bits per heavy atom. The molecule has 0 unspecified atom stereocenters. The van der Waals surface area contributed by atoms with Gasteiger partial charge in [0.2, 0.25) is 0 Å². The van der Waals surface area contributed by atoms with Crippen LogP contribution in [0.25, 0.3) is 0 Å². The molecule has 0 fully saturated rings. The summed E-state index contributed by atoms with van der Waals surface area (Å²) in [4.78, 5) is 9.76. The maximum Gasteiger partial charge on any atom is 0.419 e. The number of hydrogen-bond acceptors (Lipinski definition) is 2. The lowest BCUT2D eigenvalue weighted by Gasteiger charge is -1.98. The number of rotatable bonds is 4. The minimum Gasteiger partial charge on any atom is -0.464 e. The number of amides is 1.